The minimum absolute atomic E-state index is 0.0776. The molecule has 28 heavy (non-hydrogen) atoms. The summed E-state index contributed by atoms with van der Waals surface area (Å²) >= 11 is 1.37. The Morgan fingerprint density at radius 1 is 0.964 bits per heavy atom. The lowest BCUT2D eigenvalue weighted by Crippen LogP contribution is -2.39. The van der Waals surface area contributed by atoms with Crippen molar-refractivity contribution in [3.63, 3.8) is 0 Å². The number of imide groups is 1. The molecule has 0 unspecified atom stereocenters. The summed E-state index contributed by atoms with van der Waals surface area (Å²) in [6, 6.07) is 5.81. The molecule has 0 aliphatic heterocycles. The SMILES string of the molecule is CC(=O)c1ccc(C(=O)Nc2sc3c(c2C(=O)NC(=O)N(C)C)CCC3)cc1. The van der Waals surface area contributed by atoms with Crippen LogP contribution in [-0.2, 0) is 12.8 Å². The van der Waals surface area contributed by atoms with Crippen LogP contribution >= 0.6 is 11.3 Å². The average molecular weight is 399 g/mol. The zero-order valence-electron chi connectivity index (χ0n) is 15.9. The molecule has 1 aromatic carbocycles. The second-order valence-corrected chi connectivity index (χ2v) is 7.91. The van der Waals surface area contributed by atoms with Gasteiger partial charge < -0.3 is 10.2 Å². The predicted octanol–water partition coefficient (Wildman–Crippen LogP) is 3.10. The summed E-state index contributed by atoms with van der Waals surface area (Å²) in [5, 5.41) is 5.59. The highest BCUT2D eigenvalue weighted by atomic mass is 32.1. The van der Waals surface area contributed by atoms with E-state index in [2.05, 4.69) is 10.6 Å². The first-order valence-corrected chi connectivity index (χ1v) is 9.69. The lowest BCUT2D eigenvalue weighted by molar-refractivity contribution is 0.0956. The molecule has 1 aliphatic carbocycles. The number of urea groups is 1. The van der Waals surface area contributed by atoms with Crippen LogP contribution in [0.15, 0.2) is 24.3 Å². The fourth-order valence-electron chi connectivity index (χ4n) is 3.04. The first kappa shape index (κ1) is 19.8. The van der Waals surface area contributed by atoms with Crippen LogP contribution in [-0.4, -0.2) is 42.6 Å². The van der Waals surface area contributed by atoms with Crippen molar-refractivity contribution in [1.82, 2.24) is 10.2 Å². The van der Waals surface area contributed by atoms with E-state index in [1.807, 2.05) is 0 Å². The van der Waals surface area contributed by atoms with Crippen LogP contribution in [0.4, 0.5) is 9.80 Å². The van der Waals surface area contributed by atoms with Gasteiger partial charge in [0.1, 0.15) is 5.00 Å². The zero-order chi connectivity index (χ0) is 20.4. The van der Waals surface area contributed by atoms with E-state index >= 15 is 0 Å². The smallest absolute Gasteiger partial charge is 0.323 e. The number of nitrogens with one attached hydrogen (secondary N) is 2. The standard InChI is InChI=1S/C20H21N3O4S/c1-11(24)12-7-9-13(10-8-12)17(25)21-19-16(14-5-4-6-15(14)28-19)18(26)22-20(27)23(2)3/h7-10H,4-6H2,1-3H3,(H,21,25)(H,22,26,27). The summed E-state index contributed by atoms with van der Waals surface area (Å²) in [5.74, 6) is -0.963. The van der Waals surface area contributed by atoms with E-state index in [1.54, 1.807) is 38.4 Å². The highest BCUT2D eigenvalue weighted by Crippen LogP contribution is 2.39. The lowest BCUT2D eigenvalue weighted by atomic mass is 10.1. The molecule has 3 rings (SSSR count). The van der Waals surface area contributed by atoms with Crippen LogP contribution < -0.4 is 10.6 Å². The van der Waals surface area contributed by atoms with Gasteiger partial charge >= 0.3 is 6.03 Å². The Balaban J connectivity index is 1.85. The van der Waals surface area contributed by atoms with E-state index < -0.39 is 11.9 Å². The number of rotatable bonds is 4. The Kier molecular flexibility index (Phi) is 5.60. The molecule has 2 N–H and O–H groups in total. The van der Waals surface area contributed by atoms with Crippen molar-refractivity contribution in [3.05, 3.63) is 51.4 Å². The number of amides is 4. The first-order valence-electron chi connectivity index (χ1n) is 8.87. The second-order valence-electron chi connectivity index (χ2n) is 6.80. The van der Waals surface area contributed by atoms with Gasteiger partial charge in [0.15, 0.2) is 5.78 Å². The quantitative estimate of drug-likeness (QED) is 0.772. The molecule has 0 atom stereocenters. The predicted molar refractivity (Wildman–Crippen MR) is 107 cm³/mol. The Labute approximate surface area is 166 Å². The number of anilines is 1. The van der Waals surface area contributed by atoms with Crippen LogP contribution in [0.3, 0.4) is 0 Å². The third-order valence-corrected chi connectivity index (χ3v) is 5.76. The molecule has 0 fully saturated rings. The molecule has 2 aromatic rings. The molecular weight excluding hydrogens is 378 g/mol. The summed E-state index contributed by atoms with van der Waals surface area (Å²) in [5.41, 5.74) is 2.17. The summed E-state index contributed by atoms with van der Waals surface area (Å²) in [6.45, 7) is 1.46. The number of thiophene rings is 1. The summed E-state index contributed by atoms with van der Waals surface area (Å²) in [7, 11) is 3.10. The van der Waals surface area contributed by atoms with Gasteiger partial charge in [-0.3, -0.25) is 19.7 Å². The van der Waals surface area contributed by atoms with Gasteiger partial charge in [-0.05, 0) is 43.9 Å². The third kappa shape index (κ3) is 3.96. The highest BCUT2D eigenvalue weighted by Gasteiger charge is 2.28. The molecule has 0 bridgehead atoms. The fourth-order valence-corrected chi connectivity index (χ4v) is 4.32. The van der Waals surface area contributed by atoms with E-state index in [0.29, 0.717) is 21.7 Å². The number of Topliss-reactive ketones (excluding diaryl/α,β-unsaturated/α-hetero) is 1. The van der Waals surface area contributed by atoms with Gasteiger partial charge in [-0.1, -0.05) is 12.1 Å². The molecule has 1 aliphatic rings. The maximum Gasteiger partial charge on any atom is 0.323 e. The van der Waals surface area contributed by atoms with Crippen LogP contribution in [0.1, 0.15) is 54.9 Å². The highest BCUT2D eigenvalue weighted by molar-refractivity contribution is 7.17. The molecule has 8 heteroatoms. The van der Waals surface area contributed by atoms with Crippen LogP contribution in [0.25, 0.3) is 0 Å². The van der Waals surface area contributed by atoms with Gasteiger partial charge in [0.05, 0.1) is 5.56 Å². The number of carbonyl (C=O) groups is 4. The molecule has 1 heterocycles. The van der Waals surface area contributed by atoms with Gasteiger partial charge in [-0.25, -0.2) is 4.79 Å². The van der Waals surface area contributed by atoms with Gasteiger partial charge in [0, 0.05) is 30.1 Å². The maximum atomic E-state index is 12.7. The average Bonchev–Trinajstić information content (AvgIpc) is 3.22. The molecule has 0 radical (unpaired) electrons. The van der Waals surface area contributed by atoms with Crippen LogP contribution in [0.5, 0.6) is 0 Å². The normalized spacial score (nSPS) is 12.2. The molecule has 7 nitrogen and oxygen atoms in total. The maximum absolute atomic E-state index is 12.7. The number of nitrogens with zero attached hydrogens (tertiary/aromatic N) is 1. The van der Waals surface area contributed by atoms with Gasteiger partial charge in [-0.2, -0.15) is 0 Å². The minimum atomic E-state index is -0.514. The van der Waals surface area contributed by atoms with Crippen molar-refractivity contribution in [3.8, 4) is 0 Å². The lowest BCUT2D eigenvalue weighted by Gasteiger charge is -2.12. The number of benzene rings is 1. The molecule has 0 saturated heterocycles. The summed E-state index contributed by atoms with van der Waals surface area (Å²) in [4.78, 5) is 50.9. The van der Waals surface area contributed by atoms with Crippen molar-refractivity contribution < 1.29 is 19.2 Å². The van der Waals surface area contributed by atoms with Crippen LogP contribution in [0, 0.1) is 0 Å². The van der Waals surface area contributed by atoms with E-state index in [0.717, 1.165) is 29.7 Å². The number of ketones is 1. The molecular formula is C20H21N3O4S. The van der Waals surface area contributed by atoms with Gasteiger partial charge in [0.2, 0.25) is 0 Å². The Morgan fingerprint density at radius 2 is 1.61 bits per heavy atom. The van der Waals surface area contributed by atoms with E-state index in [1.165, 1.54) is 23.2 Å². The largest absolute Gasteiger partial charge is 0.331 e. The van der Waals surface area contributed by atoms with E-state index in [4.69, 9.17) is 0 Å². The minimum Gasteiger partial charge on any atom is -0.331 e. The molecule has 4 amide bonds. The second kappa shape index (κ2) is 7.93. The Morgan fingerprint density at radius 3 is 2.21 bits per heavy atom. The van der Waals surface area contributed by atoms with Crippen LogP contribution in [0.2, 0.25) is 0 Å². The van der Waals surface area contributed by atoms with Crippen molar-refractivity contribution in [2.24, 2.45) is 0 Å². The van der Waals surface area contributed by atoms with Gasteiger partial charge in [0.25, 0.3) is 11.8 Å². The van der Waals surface area contributed by atoms with Crippen molar-refractivity contribution in [2.75, 3.05) is 19.4 Å². The number of aryl methyl sites for hydroxylation is 1. The summed E-state index contributed by atoms with van der Waals surface area (Å²) in [6.07, 6.45) is 2.54. The number of hydrogen-bond donors (Lipinski definition) is 2. The van der Waals surface area contributed by atoms with E-state index in [9.17, 15) is 19.2 Å². The molecule has 146 valence electrons. The molecule has 0 spiro atoms. The zero-order valence-corrected chi connectivity index (χ0v) is 16.7. The Hall–Kier alpha value is -3.00. The monoisotopic (exact) mass is 399 g/mol. The number of fused-ring (bicyclic) bond motifs is 1. The third-order valence-electron chi connectivity index (χ3n) is 4.56. The molecule has 1 aromatic heterocycles. The number of hydrogen-bond acceptors (Lipinski definition) is 5. The van der Waals surface area contributed by atoms with Gasteiger partial charge in [-0.15, -0.1) is 11.3 Å². The van der Waals surface area contributed by atoms with Crippen molar-refractivity contribution >= 4 is 40.0 Å². The van der Waals surface area contributed by atoms with Crippen molar-refractivity contribution in [2.45, 2.75) is 26.2 Å². The van der Waals surface area contributed by atoms with E-state index in [-0.39, 0.29) is 11.7 Å². The fraction of sp³-hybridized carbons (Fsp3) is 0.300. The van der Waals surface area contributed by atoms with Crippen molar-refractivity contribution in [1.29, 1.82) is 0 Å². The Bertz CT molecular complexity index is 961. The topological polar surface area (TPSA) is 95.6 Å². The first-order chi connectivity index (χ1) is 13.3. The number of carbonyl (C=O) groups excluding carboxylic acids is 4. The molecule has 0 saturated carbocycles. The summed E-state index contributed by atoms with van der Waals surface area (Å²) < 4.78 is 0.